The molecule has 3 aromatic carbocycles. The molecule has 0 fully saturated rings. The number of nitrogens with zero attached hydrogens (tertiary/aromatic N) is 5. The predicted molar refractivity (Wildman–Crippen MR) is 136 cm³/mol. The molecule has 0 saturated heterocycles. The summed E-state index contributed by atoms with van der Waals surface area (Å²) in [6, 6.07) is 17.2. The largest absolute Gasteiger partial charge is 0.417 e. The van der Waals surface area contributed by atoms with Crippen molar-refractivity contribution in [3.05, 3.63) is 84.2 Å². The van der Waals surface area contributed by atoms with Crippen LogP contribution in [0.4, 0.5) is 36.4 Å². The van der Waals surface area contributed by atoms with Gasteiger partial charge in [0.1, 0.15) is 5.82 Å². The highest BCUT2D eigenvalue weighted by Crippen LogP contribution is 2.35. The van der Waals surface area contributed by atoms with Gasteiger partial charge >= 0.3 is 6.18 Å². The first kappa shape index (κ1) is 25.0. The van der Waals surface area contributed by atoms with E-state index < -0.39 is 26.7 Å². The molecule has 38 heavy (non-hydrogen) atoms. The molecule has 4 N–H and O–H groups in total. The van der Waals surface area contributed by atoms with E-state index in [4.69, 9.17) is 5.73 Å². The molecule has 2 aromatic heterocycles. The van der Waals surface area contributed by atoms with Crippen LogP contribution in [0.15, 0.2) is 77.7 Å². The summed E-state index contributed by atoms with van der Waals surface area (Å²) >= 11 is 0. The van der Waals surface area contributed by atoms with Gasteiger partial charge in [-0.2, -0.15) is 28.1 Å². The summed E-state index contributed by atoms with van der Waals surface area (Å²) in [6.45, 7) is 1.68. The Bertz CT molecular complexity index is 1730. The zero-order chi connectivity index (χ0) is 27.1. The molecular weight excluding hydrogens is 521 g/mol. The van der Waals surface area contributed by atoms with Crippen molar-refractivity contribution >= 4 is 44.3 Å². The van der Waals surface area contributed by atoms with Gasteiger partial charge < -0.3 is 11.1 Å². The number of rotatable bonds is 6. The van der Waals surface area contributed by atoms with Gasteiger partial charge in [0, 0.05) is 11.4 Å². The summed E-state index contributed by atoms with van der Waals surface area (Å²) in [6.07, 6.45) is -4.83. The van der Waals surface area contributed by atoms with E-state index in [0.717, 1.165) is 18.2 Å². The van der Waals surface area contributed by atoms with Crippen molar-refractivity contribution in [1.82, 2.24) is 24.5 Å². The van der Waals surface area contributed by atoms with Gasteiger partial charge in [-0.3, -0.25) is 4.72 Å². The highest BCUT2D eigenvalue weighted by Gasteiger charge is 2.36. The Morgan fingerprint density at radius 1 is 0.842 bits per heavy atom. The molecular formula is C24H19F3N8O2S. The Morgan fingerprint density at radius 2 is 1.50 bits per heavy atom. The maximum Gasteiger partial charge on any atom is 0.417 e. The lowest BCUT2D eigenvalue weighted by Crippen LogP contribution is -2.18. The van der Waals surface area contributed by atoms with Gasteiger partial charge in [0.25, 0.3) is 10.0 Å². The molecule has 0 aliphatic rings. The summed E-state index contributed by atoms with van der Waals surface area (Å²) in [4.78, 5) is 16.3. The molecule has 0 unspecified atom stereocenters. The average molecular weight is 541 g/mol. The summed E-state index contributed by atoms with van der Waals surface area (Å²) < 4.78 is 69.3. The maximum absolute atomic E-state index is 13.3. The second-order valence-corrected chi connectivity index (χ2v) is 9.75. The minimum absolute atomic E-state index is 0.0416. The lowest BCUT2D eigenvalue weighted by Gasteiger charge is -2.15. The summed E-state index contributed by atoms with van der Waals surface area (Å²) in [5.41, 5.74) is 6.51. The fourth-order valence-corrected chi connectivity index (χ4v) is 5.08. The van der Waals surface area contributed by atoms with Crippen LogP contribution in [0.2, 0.25) is 0 Å². The Kier molecular flexibility index (Phi) is 6.11. The SMILES string of the molecule is Cc1nc(N)nc(-n2c(Nc3ccc(NS(=O)(=O)c4ccccc4C(F)(F)F)cc3)nc3ccccc32)n1. The number of anilines is 4. The standard InChI is InChI=1S/C24H19F3N8O2S/c1-14-29-21(28)33-22(30-14)35-19-8-4-3-7-18(19)32-23(35)31-15-10-12-16(13-11-15)34-38(36,37)20-9-5-2-6-17(20)24(25,26)27/h2-13,34H,1H3,(H,31,32)(H2,28,29,30,33). The third-order valence-corrected chi connectivity index (χ3v) is 6.83. The van der Waals surface area contributed by atoms with Gasteiger partial charge in [-0.1, -0.05) is 24.3 Å². The second-order valence-electron chi connectivity index (χ2n) is 8.10. The Balaban J connectivity index is 1.45. The zero-order valence-corrected chi connectivity index (χ0v) is 20.4. The molecule has 0 radical (unpaired) electrons. The van der Waals surface area contributed by atoms with E-state index in [9.17, 15) is 21.6 Å². The van der Waals surface area contributed by atoms with Gasteiger partial charge in [-0.25, -0.2) is 18.0 Å². The van der Waals surface area contributed by atoms with E-state index in [1.807, 2.05) is 24.3 Å². The molecule has 10 nitrogen and oxygen atoms in total. The third kappa shape index (κ3) is 4.93. The van der Waals surface area contributed by atoms with Crippen LogP contribution in [0.25, 0.3) is 17.0 Å². The number of nitrogens with one attached hydrogen (secondary N) is 2. The molecule has 0 saturated carbocycles. The number of nitrogen functional groups attached to an aromatic ring is 1. The van der Waals surface area contributed by atoms with E-state index in [1.165, 1.54) is 18.2 Å². The van der Waals surface area contributed by atoms with Crippen LogP contribution in [0.1, 0.15) is 11.4 Å². The van der Waals surface area contributed by atoms with Crippen LogP contribution < -0.4 is 15.8 Å². The number of hydrogen-bond acceptors (Lipinski definition) is 8. The van der Waals surface area contributed by atoms with Crippen molar-refractivity contribution in [3.63, 3.8) is 0 Å². The van der Waals surface area contributed by atoms with E-state index in [0.29, 0.717) is 28.5 Å². The van der Waals surface area contributed by atoms with Gasteiger partial charge in [0.2, 0.25) is 17.8 Å². The number of aryl methyl sites for hydroxylation is 1. The number of hydrogen-bond donors (Lipinski definition) is 3. The number of nitrogens with two attached hydrogens (primary N) is 1. The van der Waals surface area contributed by atoms with Gasteiger partial charge in [0.15, 0.2) is 0 Å². The topological polar surface area (TPSA) is 141 Å². The number of fused-ring (bicyclic) bond motifs is 1. The maximum atomic E-state index is 13.3. The summed E-state index contributed by atoms with van der Waals surface area (Å²) in [7, 11) is -4.51. The number of halogens is 3. The van der Waals surface area contributed by atoms with Crippen LogP contribution in [-0.4, -0.2) is 32.9 Å². The van der Waals surface area contributed by atoms with Crippen LogP contribution in [0.3, 0.4) is 0 Å². The van der Waals surface area contributed by atoms with Crippen LogP contribution >= 0.6 is 0 Å². The Labute approximate surface area is 214 Å². The predicted octanol–water partition coefficient (Wildman–Crippen LogP) is 4.66. The molecule has 0 spiro atoms. The smallest absolute Gasteiger partial charge is 0.368 e. The molecule has 0 aliphatic carbocycles. The number of imidazole rings is 1. The number of alkyl halides is 3. The number of benzene rings is 3. The summed E-state index contributed by atoms with van der Waals surface area (Å²) in [5, 5.41) is 3.13. The molecule has 2 heterocycles. The summed E-state index contributed by atoms with van der Waals surface area (Å²) in [5.74, 6) is 1.06. The zero-order valence-electron chi connectivity index (χ0n) is 19.6. The Hall–Kier alpha value is -4.72. The molecule has 5 aromatic rings. The number of aromatic nitrogens is 5. The first-order valence-corrected chi connectivity index (χ1v) is 12.5. The third-order valence-electron chi connectivity index (χ3n) is 5.39. The number of sulfonamides is 1. The van der Waals surface area contributed by atoms with Crippen molar-refractivity contribution in [1.29, 1.82) is 0 Å². The van der Waals surface area contributed by atoms with Crippen LogP contribution in [-0.2, 0) is 16.2 Å². The van der Waals surface area contributed by atoms with Crippen LogP contribution in [0.5, 0.6) is 0 Å². The van der Waals surface area contributed by atoms with Gasteiger partial charge in [-0.15, -0.1) is 0 Å². The van der Waals surface area contributed by atoms with E-state index in [1.54, 1.807) is 23.6 Å². The van der Waals surface area contributed by atoms with Crippen molar-refractivity contribution in [2.75, 3.05) is 15.8 Å². The molecule has 0 bridgehead atoms. The molecule has 0 amide bonds. The lowest BCUT2D eigenvalue weighted by molar-refractivity contribution is -0.139. The number of para-hydroxylation sites is 2. The van der Waals surface area contributed by atoms with E-state index in [2.05, 4.69) is 30.0 Å². The minimum Gasteiger partial charge on any atom is -0.368 e. The molecule has 194 valence electrons. The highest BCUT2D eigenvalue weighted by atomic mass is 32.2. The fourth-order valence-electron chi connectivity index (χ4n) is 3.80. The molecule has 0 aliphatic heterocycles. The highest BCUT2D eigenvalue weighted by molar-refractivity contribution is 7.92. The molecule has 14 heteroatoms. The van der Waals surface area contributed by atoms with Gasteiger partial charge in [-0.05, 0) is 55.5 Å². The first-order chi connectivity index (χ1) is 18.0. The van der Waals surface area contributed by atoms with Crippen molar-refractivity contribution < 1.29 is 21.6 Å². The van der Waals surface area contributed by atoms with E-state index >= 15 is 0 Å². The molecule has 0 atom stereocenters. The minimum atomic E-state index is -4.83. The van der Waals surface area contributed by atoms with Crippen molar-refractivity contribution in [2.45, 2.75) is 18.0 Å². The molecule has 5 rings (SSSR count). The monoisotopic (exact) mass is 540 g/mol. The van der Waals surface area contributed by atoms with E-state index in [-0.39, 0.29) is 17.6 Å². The van der Waals surface area contributed by atoms with Crippen molar-refractivity contribution in [3.8, 4) is 5.95 Å². The quantitative estimate of drug-likeness (QED) is 0.282. The average Bonchev–Trinajstić information content (AvgIpc) is 3.22. The Morgan fingerprint density at radius 3 is 2.21 bits per heavy atom. The van der Waals surface area contributed by atoms with Crippen molar-refractivity contribution in [2.24, 2.45) is 0 Å². The first-order valence-electron chi connectivity index (χ1n) is 11.0. The van der Waals surface area contributed by atoms with Gasteiger partial charge in [0.05, 0.1) is 21.5 Å². The fraction of sp³-hybridized carbons (Fsp3) is 0.0833. The van der Waals surface area contributed by atoms with Crippen LogP contribution in [0, 0.1) is 6.92 Å². The normalized spacial score (nSPS) is 12.0. The second kappa shape index (κ2) is 9.30. The lowest BCUT2D eigenvalue weighted by atomic mass is 10.2.